The number of halogens is 2. The molecule has 33 heavy (non-hydrogen) atoms. The molecule has 0 spiro atoms. The average Bonchev–Trinajstić information content (AvgIpc) is 3.02. The molecule has 4 aromatic rings. The number of anilines is 1. The highest BCUT2D eigenvalue weighted by Crippen LogP contribution is 2.38. The third-order valence-electron chi connectivity index (χ3n) is 5.84. The maximum absolute atomic E-state index is 13.7. The van der Waals surface area contributed by atoms with Gasteiger partial charge in [0.05, 0.1) is 15.6 Å². The Morgan fingerprint density at radius 1 is 1.06 bits per heavy atom. The third kappa shape index (κ3) is 3.59. The van der Waals surface area contributed by atoms with Crippen molar-refractivity contribution in [3.8, 4) is 16.9 Å². The monoisotopic (exact) mass is 482 g/mol. The number of rotatable bonds is 3. The summed E-state index contributed by atoms with van der Waals surface area (Å²) in [5.74, 6) is -0.170. The fourth-order valence-corrected chi connectivity index (χ4v) is 5.70. The number of sulfonamides is 1. The van der Waals surface area contributed by atoms with E-state index in [1.807, 2.05) is 19.9 Å². The molecule has 9 heteroatoms. The van der Waals surface area contributed by atoms with E-state index in [1.165, 1.54) is 16.4 Å². The third-order valence-corrected chi connectivity index (χ3v) is 7.93. The van der Waals surface area contributed by atoms with Crippen LogP contribution in [0.1, 0.15) is 16.8 Å². The number of hydrogen-bond donors (Lipinski definition) is 0. The SMILES string of the molecule is Cc1ccc(S(=O)(=O)N2CCc3c(nn(-c4ccc(F)c(Cl)c4)c3C)-c3cccnc32)cc1. The first-order valence-electron chi connectivity index (χ1n) is 10.4. The summed E-state index contributed by atoms with van der Waals surface area (Å²) in [6, 6.07) is 14.8. The van der Waals surface area contributed by atoms with Gasteiger partial charge in [0, 0.05) is 29.6 Å². The predicted molar refractivity (Wildman–Crippen MR) is 126 cm³/mol. The summed E-state index contributed by atoms with van der Waals surface area (Å²) in [5, 5.41) is 4.78. The average molecular weight is 483 g/mol. The van der Waals surface area contributed by atoms with Gasteiger partial charge < -0.3 is 0 Å². The van der Waals surface area contributed by atoms with Gasteiger partial charge in [0.2, 0.25) is 0 Å². The van der Waals surface area contributed by atoms with Crippen LogP contribution < -0.4 is 4.31 Å². The van der Waals surface area contributed by atoms with Gasteiger partial charge in [0.15, 0.2) is 5.82 Å². The zero-order valence-corrected chi connectivity index (χ0v) is 19.5. The molecule has 2 aromatic carbocycles. The highest BCUT2D eigenvalue weighted by Gasteiger charge is 2.33. The lowest BCUT2D eigenvalue weighted by atomic mass is 10.1. The topological polar surface area (TPSA) is 68.1 Å². The molecule has 0 radical (unpaired) electrons. The van der Waals surface area contributed by atoms with Crippen LogP contribution in [-0.2, 0) is 16.4 Å². The number of aryl methyl sites for hydroxylation is 1. The van der Waals surface area contributed by atoms with Gasteiger partial charge in [0.25, 0.3) is 10.0 Å². The molecule has 168 valence electrons. The fourth-order valence-electron chi connectivity index (χ4n) is 4.09. The number of nitrogens with zero attached hydrogens (tertiary/aromatic N) is 4. The van der Waals surface area contributed by atoms with Crippen LogP contribution in [0, 0.1) is 19.7 Å². The van der Waals surface area contributed by atoms with Gasteiger partial charge in [-0.15, -0.1) is 0 Å². The smallest absolute Gasteiger partial charge is 0.249 e. The number of aromatic nitrogens is 3. The molecule has 1 aliphatic rings. The Balaban J connectivity index is 1.65. The quantitative estimate of drug-likeness (QED) is 0.407. The second kappa shape index (κ2) is 7.97. The van der Waals surface area contributed by atoms with Crippen molar-refractivity contribution in [3.05, 3.63) is 88.5 Å². The molecule has 0 saturated heterocycles. The summed E-state index contributed by atoms with van der Waals surface area (Å²) in [7, 11) is -3.82. The van der Waals surface area contributed by atoms with Crippen LogP contribution in [0.4, 0.5) is 10.2 Å². The molecule has 2 aromatic heterocycles. The maximum atomic E-state index is 13.7. The molecule has 0 atom stereocenters. The van der Waals surface area contributed by atoms with Gasteiger partial charge in [-0.05, 0) is 62.7 Å². The van der Waals surface area contributed by atoms with Gasteiger partial charge in [-0.1, -0.05) is 29.3 Å². The second-order valence-electron chi connectivity index (χ2n) is 7.94. The van der Waals surface area contributed by atoms with Crippen LogP contribution >= 0.6 is 11.6 Å². The number of hydrogen-bond acceptors (Lipinski definition) is 4. The van der Waals surface area contributed by atoms with Gasteiger partial charge in [-0.2, -0.15) is 5.10 Å². The van der Waals surface area contributed by atoms with Crippen molar-refractivity contribution in [1.82, 2.24) is 14.8 Å². The molecule has 0 N–H and O–H groups in total. The van der Waals surface area contributed by atoms with E-state index in [-0.39, 0.29) is 16.5 Å². The molecular weight excluding hydrogens is 463 g/mol. The molecule has 6 nitrogen and oxygen atoms in total. The molecule has 3 heterocycles. The summed E-state index contributed by atoms with van der Waals surface area (Å²) in [5.41, 5.74) is 4.62. The molecule has 0 saturated carbocycles. The summed E-state index contributed by atoms with van der Waals surface area (Å²) in [6.07, 6.45) is 2.02. The Bertz CT molecular complexity index is 1480. The lowest BCUT2D eigenvalue weighted by molar-refractivity contribution is 0.590. The van der Waals surface area contributed by atoms with E-state index >= 15 is 0 Å². The van der Waals surface area contributed by atoms with Crippen molar-refractivity contribution in [3.63, 3.8) is 0 Å². The first-order valence-corrected chi connectivity index (χ1v) is 12.2. The first kappa shape index (κ1) is 21.6. The van der Waals surface area contributed by atoms with Gasteiger partial charge in [0.1, 0.15) is 11.5 Å². The van der Waals surface area contributed by atoms with E-state index in [0.717, 1.165) is 16.8 Å². The normalized spacial score (nSPS) is 13.4. The van der Waals surface area contributed by atoms with Crippen molar-refractivity contribution in [2.45, 2.75) is 25.2 Å². The van der Waals surface area contributed by atoms with Crippen LogP contribution in [0.25, 0.3) is 16.9 Å². The van der Waals surface area contributed by atoms with Crippen molar-refractivity contribution < 1.29 is 12.8 Å². The van der Waals surface area contributed by atoms with Crippen molar-refractivity contribution in [2.75, 3.05) is 10.8 Å². The number of fused-ring (bicyclic) bond motifs is 3. The Morgan fingerprint density at radius 2 is 1.82 bits per heavy atom. The summed E-state index contributed by atoms with van der Waals surface area (Å²) >= 11 is 5.99. The van der Waals surface area contributed by atoms with E-state index < -0.39 is 15.8 Å². The molecule has 0 amide bonds. The fraction of sp³-hybridized carbons (Fsp3) is 0.167. The Morgan fingerprint density at radius 3 is 2.55 bits per heavy atom. The molecule has 1 aliphatic heterocycles. The summed E-state index contributed by atoms with van der Waals surface area (Å²) in [4.78, 5) is 4.65. The molecule has 0 aliphatic carbocycles. The largest absolute Gasteiger partial charge is 0.265 e. The predicted octanol–water partition coefficient (Wildman–Crippen LogP) is 5.10. The molecule has 0 unspecified atom stereocenters. The standard InChI is InChI=1S/C24H20ClFN4O2S/c1-15-5-8-18(9-6-15)33(31,32)29-13-11-19-16(2)30(17-7-10-22(26)21(25)14-17)28-23(19)20-4-3-12-27-24(20)29/h3-10,12,14H,11,13H2,1-2H3. The number of pyridine rings is 1. The number of benzene rings is 2. The maximum Gasteiger partial charge on any atom is 0.265 e. The van der Waals surface area contributed by atoms with Crippen LogP contribution in [-0.4, -0.2) is 29.7 Å². The van der Waals surface area contributed by atoms with E-state index in [0.29, 0.717) is 29.2 Å². The van der Waals surface area contributed by atoms with Crippen LogP contribution in [0.5, 0.6) is 0 Å². The van der Waals surface area contributed by atoms with Crippen molar-refractivity contribution in [2.24, 2.45) is 0 Å². The zero-order valence-electron chi connectivity index (χ0n) is 18.0. The molecule has 0 fully saturated rings. The van der Waals surface area contributed by atoms with E-state index in [9.17, 15) is 12.8 Å². The van der Waals surface area contributed by atoms with E-state index in [4.69, 9.17) is 16.7 Å². The lowest BCUT2D eigenvalue weighted by Crippen LogP contribution is -2.33. The Labute approximate surface area is 196 Å². The van der Waals surface area contributed by atoms with Crippen molar-refractivity contribution >= 4 is 27.4 Å². The van der Waals surface area contributed by atoms with Crippen LogP contribution in [0.3, 0.4) is 0 Å². The first-order chi connectivity index (χ1) is 15.8. The minimum Gasteiger partial charge on any atom is -0.249 e. The zero-order chi connectivity index (χ0) is 23.3. The highest BCUT2D eigenvalue weighted by molar-refractivity contribution is 7.92. The van der Waals surface area contributed by atoms with E-state index in [1.54, 1.807) is 47.3 Å². The molecule has 0 bridgehead atoms. The van der Waals surface area contributed by atoms with Gasteiger partial charge >= 0.3 is 0 Å². The lowest BCUT2D eigenvalue weighted by Gasteiger charge is -2.23. The van der Waals surface area contributed by atoms with E-state index in [2.05, 4.69) is 4.98 Å². The highest BCUT2D eigenvalue weighted by atomic mass is 35.5. The second-order valence-corrected chi connectivity index (χ2v) is 10.2. The van der Waals surface area contributed by atoms with Gasteiger partial charge in [-0.25, -0.2) is 26.8 Å². The summed E-state index contributed by atoms with van der Waals surface area (Å²) in [6.45, 7) is 4.03. The van der Waals surface area contributed by atoms with Gasteiger partial charge in [-0.3, -0.25) is 0 Å². The minimum absolute atomic E-state index is 0.00928. The van der Waals surface area contributed by atoms with Crippen LogP contribution in [0.15, 0.2) is 65.7 Å². The van der Waals surface area contributed by atoms with Crippen LogP contribution in [0.2, 0.25) is 5.02 Å². The summed E-state index contributed by atoms with van der Waals surface area (Å²) < 4.78 is 43.8. The molecule has 5 rings (SSSR count). The Hall–Kier alpha value is -3.23. The Kier molecular flexibility index (Phi) is 5.22. The molecular formula is C24H20ClFN4O2S. The van der Waals surface area contributed by atoms with Crippen molar-refractivity contribution in [1.29, 1.82) is 0 Å². The minimum atomic E-state index is -3.82.